The van der Waals surface area contributed by atoms with Gasteiger partial charge in [0.25, 0.3) is 0 Å². The lowest BCUT2D eigenvalue weighted by Crippen LogP contribution is -2.44. The fourth-order valence-electron chi connectivity index (χ4n) is 2.85. The van der Waals surface area contributed by atoms with E-state index in [0.29, 0.717) is 29.8 Å². The molecule has 19 heavy (non-hydrogen) atoms. The Balaban J connectivity index is 2.33. The second-order valence-corrected chi connectivity index (χ2v) is 7.86. The Morgan fingerprint density at radius 2 is 2.21 bits per heavy atom. The summed E-state index contributed by atoms with van der Waals surface area (Å²) < 4.78 is 36.7. The molecule has 2 unspecified atom stereocenters. The normalized spacial score (nSPS) is 27.7. The molecule has 1 saturated carbocycles. The molecule has 0 bridgehead atoms. The second kappa shape index (κ2) is 5.04. The van der Waals surface area contributed by atoms with Crippen molar-refractivity contribution >= 4 is 21.4 Å². The first-order chi connectivity index (χ1) is 8.72. The fourth-order valence-corrected chi connectivity index (χ4v) is 4.62. The van der Waals surface area contributed by atoms with Gasteiger partial charge in [-0.25, -0.2) is 12.8 Å². The average Bonchev–Trinajstić information content (AvgIpc) is 2.65. The molecule has 1 aromatic carbocycles. The van der Waals surface area contributed by atoms with Gasteiger partial charge in [-0.2, -0.15) is 0 Å². The van der Waals surface area contributed by atoms with Crippen molar-refractivity contribution in [3.05, 3.63) is 34.6 Å². The quantitative estimate of drug-likeness (QED) is 0.932. The summed E-state index contributed by atoms with van der Waals surface area (Å²) in [5.74, 6) is -0.447. The first-order valence-corrected chi connectivity index (χ1v) is 8.41. The summed E-state index contributed by atoms with van der Waals surface area (Å²) in [6, 6.07) is 3.90. The van der Waals surface area contributed by atoms with Crippen molar-refractivity contribution in [1.82, 2.24) is 0 Å². The number of aliphatic hydroxyl groups is 1. The lowest BCUT2D eigenvalue weighted by Gasteiger charge is -2.29. The number of hydrogen-bond donors (Lipinski definition) is 1. The van der Waals surface area contributed by atoms with E-state index in [4.69, 9.17) is 11.6 Å². The molecule has 2 atom stereocenters. The van der Waals surface area contributed by atoms with E-state index in [9.17, 15) is 17.9 Å². The maximum absolute atomic E-state index is 13.2. The van der Waals surface area contributed by atoms with E-state index >= 15 is 0 Å². The van der Waals surface area contributed by atoms with Crippen LogP contribution in [0.15, 0.2) is 18.2 Å². The van der Waals surface area contributed by atoms with Crippen molar-refractivity contribution in [2.24, 2.45) is 0 Å². The van der Waals surface area contributed by atoms with Crippen molar-refractivity contribution in [1.29, 1.82) is 0 Å². The number of benzene rings is 1. The number of sulfone groups is 1. The smallest absolute Gasteiger partial charge is 0.153 e. The van der Waals surface area contributed by atoms with Crippen LogP contribution in [0.4, 0.5) is 4.39 Å². The molecule has 0 amide bonds. The number of rotatable bonds is 3. The minimum absolute atomic E-state index is 0.0569. The predicted octanol–water partition coefficient (Wildman–Crippen LogP) is 2.35. The summed E-state index contributed by atoms with van der Waals surface area (Å²) >= 11 is 5.97. The van der Waals surface area contributed by atoms with Crippen LogP contribution in [0.1, 0.15) is 24.8 Å². The highest BCUT2D eigenvalue weighted by atomic mass is 35.5. The van der Waals surface area contributed by atoms with E-state index in [-0.39, 0.29) is 6.42 Å². The molecular weight excluding hydrogens is 291 g/mol. The zero-order chi connectivity index (χ0) is 14.3. The summed E-state index contributed by atoms with van der Waals surface area (Å²) in [5, 5.41) is 10.1. The molecule has 1 aliphatic carbocycles. The van der Waals surface area contributed by atoms with E-state index in [1.165, 1.54) is 18.2 Å². The highest BCUT2D eigenvalue weighted by molar-refractivity contribution is 7.91. The molecule has 0 saturated heterocycles. The van der Waals surface area contributed by atoms with Gasteiger partial charge in [-0.05, 0) is 43.0 Å². The molecule has 6 heteroatoms. The van der Waals surface area contributed by atoms with Crippen LogP contribution in [-0.2, 0) is 16.3 Å². The lowest BCUT2D eigenvalue weighted by molar-refractivity contribution is 0.0512. The first-order valence-electron chi connectivity index (χ1n) is 6.07. The summed E-state index contributed by atoms with van der Waals surface area (Å²) in [6.45, 7) is 0. The summed E-state index contributed by atoms with van der Waals surface area (Å²) in [4.78, 5) is 0. The third-order valence-corrected chi connectivity index (χ3v) is 5.77. The Hall–Kier alpha value is -0.650. The highest BCUT2D eigenvalue weighted by Gasteiger charge is 2.46. The maximum atomic E-state index is 13.2. The van der Waals surface area contributed by atoms with Crippen LogP contribution in [0.3, 0.4) is 0 Å². The topological polar surface area (TPSA) is 54.4 Å². The number of halogens is 2. The van der Waals surface area contributed by atoms with Gasteiger partial charge in [-0.15, -0.1) is 0 Å². The second-order valence-electron chi connectivity index (χ2n) is 5.23. The van der Waals surface area contributed by atoms with Crippen LogP contribution in [0.2, 0.25) is 5.02 Å². The monoisotopic (exact) mass is 306 g/mol. The molecule has 0 aromatic heterocycles. The van der Waals surface area contributed by atoms with E-state index in [2.05, 4.69) is 0 Å². The van der Waals surface area contributed by atoms with E-state index < -0.39 is 26.5 Å². The van der Waals surface area contributed by atoms with Crippen LogP contribution >= 0.6 is 11.6 Å². The van der Waals surface area contributed by atoms with Crippen molar-refractivity contribution in [2.75, 3.05) is 6.26 Å². The first kappa shape index (κ1) is 14.8. The third kappa shape index (κ3) is 3.09. The zero-order valence-electron chi connectivity index (χ0n) is 10.6. The molecule has 1 aliphatic rings. The highest BCUT2D eigenvalue weighted by Crippen LogP contribution is 2.38. The van der Waals surface area contributed by atoms with Crippen LogP contribution in [-0.4, -0.2) is 30.6 Å². The standard InChI is InChI=1S/C13H16ClFO3S/c1-19(17,18)12-3-2-6-13(12,16)8-9-7-10(15)4-5-11(9)14/h4-5,7,12,16H,2-3,6,8H2,1H3. The molecule has 3 nitrogen and oxygen atoms in total. The maximum Gasteiger partial charge on any atom is 0.153 e. The molecule has 106 valence electrons. The summed E-state index contributed by atoms with van der Waals surface area (Å²) in [7, 11) is -3.34. The minimum atomic E-state index is -3.34. The zero-order valence-corrected chi connectivity index (χ0v) is 12.1. The van der Waals surface area contributed by atoms with E-state index in [1.807, 2.05) is 0 Å². The molecule has 1 N–H and O–H groups in total. The van der Waals surface area contributed by atoms with Crippen molar-refractivity contribution in [2.45, 2.75) is 36.5 Å². The third-order valence-electron chi connectivity index (χ3n) is 3.70. The van der Waals surface area contributed by atoms with Gasteiger partial charge < -0.3 is 5.11 Å². The van der Waals surface area contributed by atoms with E-state index in [0.717, 1.165) is 6.26 Å². The van der Waals surface area contributed by atoms with Crippen LogP contribution < -0.4 is 0 Å². The summed E-state index contributed by atoms with van der Waals surface area (Å²) in [6.07, 6.45) is 2.64. The van der Waals surface area contributed by atoms with Crippen molar-refractivity contribution in [3.63, 3.8) is 0 Å². The van der Waals surface area contributed by atoms with Gasteiger partial charge >= 0.3 is 0 Å². The number of hydrogen-bond acceptors (Lipinski definition) is 3. The Morgan fingerprint density at radius 3 is 2.84 bits per heavy atom. The molecule has 1 aromatic rings. The van der Waals surface area contributed by atoms with Gasteiger partial charge in [0.15, 0.2) is 9.84 Å². The Kier molecular flexibility index (Phi) is 3.91. The van der Waals surface area contributed by atoms with Gasteiger partial charge in [0.05, 0.1) is 10.9 Å². The van der Waals surface area contributed by atoms with Gasteiger partial charge in [0.2, 0.25) is 0 Å². The molecule has 0 radical (unpaired) electrons. The lowest BCUT2D eigenvalue weighted by atomic mass is 9.92. The average molecular weight is 307 g/mol. The van der Waals surface area contributed by atoms with Crippen LogP contribution in [0.5, 0.6) is 0 Å². The van der Waals surface area contributed by atoms with Gasteiger partial charge in [0.1, 0.15) is 5.82 Å². The SMILES string of the molecule is CS(=O)(=O)C1CCCC1(O)Cc1cc(F)ccc1Cl. The Morgan fingerprint density at radius 1 is 1.53 bits per heavy atom. The summed E-state index contributed by atoms with van der Waals surface area (Å²) in [5.41, 5.74) is -0.912. The van der Waals surface area contributed by atoms with E-state index in [1.54, 1.807) is 0 Å². The minimum Gasteiger partial charge on any atom is -0.388 e. The Labute approximate surface area is 117 Å². The predicted molar refractivity (Wildman–Crippen MR) is 72.5 cm³/mol. The molecule has 0 aliphatic heterocycles. The molecular formula is C13H16ClFO3S. The Bertz CT molecular complexity index is 588. The molecule has 1 fully saturated rings. The van der Waals surface area contributed by atoms with Crippen molar-refractivity contribution in [3.8, 4) is 0 Å². The largest absolute Gasteiger partial charge is 0.388 e. The van der Waals surface area contributed by atoms with Gasteiger partial charge in [0, 0.05) is 17.7 Å². The van der Waals surface area contributed by atoms with Crippen molar-refractivity contribution < 1.29 is 17.9 Å². The van der Waals surface area contributed by atoms with Gasteiger partial charge in [-0.1, -0.05) is 11.6 Å². The van der Waals surface area contributed by atoms with Crippen LogP contribution in [0.25, 0.3) is 0 Å². The fraction of sp³-hybridized carbons (Fsp3) is 0.538. The van der Waals surface area contributed by atoms with Gasteiger partial charge in [-0.3, -0.25) is 0 Å². The molecule has 2 rings (SSSR count). The molecule has 0 heterocycles. The van der Waals surface area contributed by atoms with Crippen LogP contribution in [0, 0.1) is 5.82 Å². The molecule has 0 spiro atoms.